The van der Waals surface area contributed by atoms with Crippen LogP contribution in [0.15, 0.2) is 114 Å². The third-order valence-corrected chi connectivity index (χ3v) is 7.13. The summed E-state index contributed by atoms with van der Waals surface area (Å²) in [6.07, 6.45) is 1.70. The van der Waals surface area contributed by atoms with E-state index in [2.05, 4.69) is 29.6 Å². The summed E-state index contributed by atoms with van der Waals surface area (Å²) >= 11 is 0. The highest BCUT2D eigenvalue weighted by molar-refractivity contribution is 5.98. The number of carbonyl (C=O) groups excluding carboxylic acids is 2. The van der Waals surface area contributed by atoms with Crippen LogP contribution < -0.4 is 10.1 Å². The predicted molar refractivity (Wildman–Crippen MR) is 165 cm³/mol. The molecule has 6 heteroatoms. The molecule has 5 aromatic rings. The number of para-hydroxylation sites is 1. The van der Waals surface area contributed by atoms with Crippen molar-refractivity contribution >= 4 is 22.8 Å². The van der Waals surface area contributed by atoms with Gasteiger partial charge in [0.05, 0.1) is 18.8 Å². The molecule has 0 bridgehead atoms. The number of benzene rings is 4. The number of amides is 1. The van der Waals surface area contributed by atoms with Gasteiger partial charge in [-0.15, -0.1) is 0 Å². The molecule has 0 radical (unpaired) electrons. The van der Waals surface area contributed by atoms with Crippen molar-refractivity contribution in [3.05, 3.63) is 126 Å². The fourth-order valence-corrected chi connectivity index (χ4v) is 4.98. The first-order valence-corrected chi connectivity index (χ1v) is 14.4. The van der Waals surface area contributed by atoms with Crippen LogP contribution in [0, 0.1) is 0 Å². The Balaban J connectivity index is 1.27. The molecule has 0 aliphatic rings. The Hall–Kier alpha value is -4.84. The topological polar surface area (TPSA) is 77.8 Å². The molecule has 1 atom stereocenters. The van der Waals surface area contributed by atoms with Gasteiger partial charge in [-0.1, -0.05) is 78.9 Å². The zero-order valence-corrected chi connectivity index (χ0v) is 23.8. The van der Waals surface area contributed by atoms with E-state index in [0.717, 1.165) is 17.4 Å². The fourth-order valence-electron chi connectivity index (χ4n) is 4.98. The zero-order valence-electron chi connectivity index (χ0n) is 23.8. The quantitative estimate of drug-likeness (QED) is 0.118. The molecule has 0 saturated carbocycles. The monoisotopic (exact) mass is 561 g/mol. The highest BCUT2D eigenvalue weighted by atomic mass is 16.5. The van der Waals surface area contributed by atoms with E-state index in [1.807, 2.05) is 78.9 Å². The van der Waals surface area contributed by atoms with E-state index in [4.69, 9.17) is 13.9 Å². The molecule has 1 N–H and O–H groups in total. The summed E-state index contributed by atoms with van der Waals surface area (Å²) in [5.74, 6) is 1.09. The molecule has 5 rings (SSSR count). The van der Waals surface area contributed by atoms with Crippen LogP contribution in [-0.2, 0) is 16.0 Å². The highest BCUT2D eigenvalue weighted by Gasteiger charge is 2.17. The van der Waals surface area contributed by atoms with Gasteiger partial charge in [-0.3, -0.25) is 9.59 Å². The molecule has 1 heterocycles. The van der Waals surface area contributed by atoms with Gasteiger partial charge < -0.3 is 19.2 Å². The SMILES string of the molecule is CCOC(=O)CCCOc1ccccc1-c1cc2ccc(C(=O)NCC(Cc3ccccc3)c3ccccc3)cc2o1. The number of furan rings is 1. The second-order valence-corrected chi connectivity index (χ2v) is 10.1. The highest BCUT2D eigenvalue weighted by Crippen LogP contribution is 2.34. The normalized spacial score (nSPS) is 11.6. The van der Waals surface area contributed by atoms with Gasteiger partial charge in [0.1, 0.15) is 17.1 Å². The van der Waals surface area contributed by atoms with Gasteiger partial charge in [-0.2, -0.15) is 0 Å². The van der Waals surface area contributed by atoms with Gasteiger partial charge >= 0.3 is 5.97 Å². The van der Waals surface area contributed by atoms with Gasteiger partial charge in [0.2, 0.25) is 0 Å². The molecular formula is C36H35NO5. The fraction of sp³-hybridized carbons (Fsp3) is 0.222. The number of ether oxygens (including phenoxy) is 2. The molecule has 1 aromatic heterocycles. The van der Waals surface area contributed by atoms with Crippen LogP contribution in [0.3, 0.4) is 0 Å². The average molecular weight is 562 g/mol. The minimum absolute atomic E-state index is 0.144. The lowest BCUT2D eigenvalue weighted by molar-refractivity contribution is -0.143. The number of nitrogens with one attached hydrogen (secondary N) is 1. The summed E-state index contributed by atoms with van der Waals surface area (Å²) in [5, 5.41) is 4.03. The smallest absolute Gasteiger partial charge is 0.305 e. The maximum Gasteiger partial charge on any atom is 0.305 e. The van der Waals surface area contributed by atoms with E-state index >= 15 is 0 Å². The van der Waals surface area contributed by atoms with Gasteiger partial charge in [-0.05, 0) is 61.2 Å². The number of esters is 1. The van der Waals surface area contributed by atoms with E-state index in [-0.39, 0.29) is 17.8 Å². The molecule has 0 aliphatic carbocycles. The van der Waals surface area contributed by atoms with Gasteiger partial charge in [0.15, 0.2) is 0 Å². The lowest BCUT2D eigenvalue weighted by atomic mass is 9.92. The van der Waals surface area contributed by atoms with Gasteiger partial charge in [0, 0.05) is 29.8 Å². The Bertz CT molecular complexity index is 1610. The van der Waals surface area contributed by atoms with Gasteiger partial charge in [0.25, 0.3) is 5.91 Å². The molecule has 1 unspecified atom stereocenters. The van der Waals surface area contributed by atoms with E-state index in [1.54, 1.807) is 13.0 Å². The lowest BCUT2D eigenvalue weighted by Crippen LogP contribution is -2.29. The van der Waals surface area contributed by atoms with Crippen LogP contribution in [0.1, 0.15) is 47.2 Å². The average Bonchev–Trinajstić information content (AvgIpc) is 3.46. The summed E-state index contributed by atoms with van der Waals surface area (Å²) < 4.78 is 17.2. The van der Waals surface area contributed by atoms with Crippen LogP contribution in [0.25, 0.3) is 22.3 Å². The van der Waals surface area contributed by atoms with Crippen LogP contribution in [-0.4, -0.2) is 31.6 Å². The summed E-state index contributed by atoms with van der Waals surface area (Å²) in [6, 6.07) is 35.7. The summed E-state index contributed by atoms with van der Waals surface area (Å²) in [6.45, 7) is 3.07. The second-order valence-electron chi connectivity index (χ2n) is 10.1. The first-order chi connectivity index (χ1) is 20.6. The Labute approximate surface area is 246 Å². The van der Waals surface area contributed by atoms with E-state index in [1.165, 1.54) is 11.1 Å². The molecule has 214 valence electrons. The molecule has 0 aliphatic heterocycles. The lowest BCUT2D eigenvalue weighted by Gasteiger charge is -2.18. The molecule has 6 nitrogen and oxygen atoms in total. The Kier molecular flexibility index (Phi) is 9.68. The molecular weight excluding hydrogens is 526 g/mol. The number of fused-ring (bicyclic) bond motifs is 1. The Morgan fingerprint density at radius 3 is 2.38 bits per heavy atom. The molecule has 4 aromatic carbocycles. The van der Waals surface area contributed by atoms with Crippen LogP contribution in [0.2, 0.25) is 0 Å². The number of carbonyl (C=O) groups is 2. The summed E-state index contributed by atoms with van der Waals surface area (Å²) in [7, 11) is 0. The third-order valence-electron chi connectivity index (χ3n) is 7.13. The second kappa shape index (κ2) is 14.2. The van der Waals surface area contributed by atoms with Crippen LogP contribution in [0.4, 0.5) is 0 Å². The molecule has 42 heavy (non-hydrogen) atoms. The first-order valence-electron chi connectivity index (χ1n) is 14.4. The van der Waals surface area contributed by atoms with Crippen molar-refractivity contribution in [2.24, 2.45) is 0 Å². The Morgan fingerprint density at radius 1 is 0.857 bits per heavy atom. The molecule has 0 saturated heterocycles. The zero-order chi connectivity index (χ0) is 29.1. The van der Waals surface area contributed by atoms with E-state index in [9.17, 15) is 9.59 Å². The number of hydrogen-bond acceptors (Lipinski definition) is 5. The Morgan fingerprint density at radius 2 is 1.60 bits per heavy atom. The number of hydrogen-bond donors (Lipinski definition) is 1. The molecule has 0 fully saturated rings. The first kappa shape index (κ1) is 28.7. The van der Waals surface area contributed by atoms with Gasteiger partial charge in [-0.25, -0.2) is 0 Å². The summed E-state index contributed by atoms with van der Waals surface area (Å²) in [4.78, 5) is 24.8. The third kappa shape index (κ3) is 7.46. The van der Waals surface area contributed by atoms with E-state index in [0.29, 0.717) is 55.3 Å². The van der Waals surface area contributed by atoms with Crippen molar-refractivity contribution in [2.45, 2.75) is 32.1 Å². The van der Waals surface area contributed by atoms with Crippen molar-refractivity contribution in [3.63, 3.8) is 0 Å². The van der Waals surface area contributed by atoms with Crippen LogP contribution >= 0.6 is 0 Å². The predicted octanol–water partition coefficient (Wildman–Crippen LogP) is 7.58. The minimum atomic E-state index is -0.224. The maximum atomic E-state index is 13.2. The van der Waals surface area contributed by atoms with E-state index < -0.39 is 0 Å². The molecule has 1 amide bonds. The van der Waals surface area contributed by atoms with Crippen molar-refractivity contribution in [1.82, 2.24) is 5.32 Å². The standard InChI is InChI=1S/C36H35NO5/c1-2-40-35(38)18-11-21-41-32-17-10-9-16-31(32)34-23-28-19-20-29(24-33(28)42-34)36(39)37-25-30(27-14-7-4-8-15-27)22-26-12-5-3-6-13-26/h3-10,12-17,19-20,23-24,30H,2,11,18,21-22,25H2,1H3,(H,37,39). The minimum Gasteiger partial charge on any atom is -0.493 e. The maximum absolute atomic E-state index is 13.2. The summed E-state index contributed by atoms with van der Waals surface area (Å²) in [5.41, 5.74) is 4.39. The van der Waals surface area contributed by atoms with Crippen molar-refractivity contribution in [3.8, 4) is 17.1 Å². The van der Waals surface area contributed by atoms with Crippen molar-refractivity contribution < 1.29 is 23.5 Å². The van der Waals surface area contributed by atoms with Crippen LogP contribution in [0.5, 0.6) is 5.75 Å². The number of rotatable bonds is 13. The van der Waals surface area contributed by atoms with Crippen molar-refractivity contribution in [2.75, 3.05) is 19.8 Å². The van der Waals surface area contributed by atoms with Crippen molar-refractivity contribution in [1.29, 1.82) is 0 Å². The molecule has 0 spiro atoms. The largest absolute Gasteiger partial charge is 0.493 e.